The zero-order chi connectivity index (χ0) is 12.3. The fourth-order valence-corrected chi connectivity index (χ4v) is 3.15. The smallest absolute Gasteiger partial charge is 0.341 e. The molecule has 0 aromatic carbocycles. The second-order valence-corrected chi connectivity index (χ2v) is 5.45. The molecule has 2 aliphatic rings. The van der Waals surface area contributed by atoms with E-state index in [0.717, 1.165) is 6.54 Å². The zero-order valence-corrected chi connectivity index (χ0v) is 10.3. The van der Waals surface area contributed by atoms with Crippen molar-refractivity contribution in [3.8, 4) is 0 Å². The lowest BCUT2D eigenvalue weighted by atomic mass is 9.94. The van der Waals surface area contributed by atoms with Crippen molar-refractivity contribution in [1.82, 2.24) is 4.90 Å². The largest absolute Gasteiger partial charge is 0.479 e. The van der Waals surface area contributed by atoms with E-state index >= 15 is 0 Å². The van der Waals surface area contributed by atoms with Crippen LogP contribution in [-0.2, 0) is 4.79 Å². The van der Waals surface area contributed by atoms with E-state index in [1.807, 2.05) is 0 Å². The van der Waals surface area contributed by atoms with Crippen molar-refractivity contribution in [2.24, 2.45) is 0 Å². The quantitative estimate of drug-likeness (QED) is 0.810. The maximum atomic E-state index is 14.1. The van der Waals surface area contributed by atoms with Gasteiger partial charge in [-0.2, -0.15) is 0 Å². The van der Waals surface area contributed by atoms with E-state index in [0.29, 0.717) is 19.0 Å². The summed E-state index contributed by atoms with van der Waals surface area (Å²) in [6.07, 6.45) is 7.23. The molecule has 2 fully saturated rings. The Morgan fingerprint density at radius 1 is 1.12 bits per heavy atom. The van der Waals surface area contributed by atoms with Crippen LogP contribution >= 0.6 is 0 Å². The predicted molar refractivity (Wildman–Crippen MR) is 63.8 cm³/mol. The van der Waals surface area contributed by atoms with Crippen molar-refractivity contribution in [3.63, 3.8) is 0 Å². The molecule has 1 atom stereocenters. The third-order valence-corrected chi connectivity index (χ3v) is 4.29. The van der Waals surface area contributed by atoms with Gasteiger partial charge in [0.2, 0.25) is 5.67 Å². The number of carboxylic acid groups (broad SMARTS) is 1. The predicted octanol–water partition coefficient (Wildman–Crippen LogP) is 2.60. The van der Waals surface area contributed by atoms with Crippen LogP contribution in [-0.4, -0.2) is 40.8 Å². The van der Waals surface area contributed by atoms with Crippen LogP contribution < -0.4 is 0 Å². The van der Waals surface area contributed by atoms with Crippen molar-refractivity contribution < 1.29 is 14.3 Å². The molecular weight excluding hydrogens is 221 g/mol. The molecule has 0 radical (unpaired) electrons. The van der Waals surface area contributed by atoms with Gasteiger partial charge < -0.3 is 10.0 Å². The van der Waals surface area contributed by atoms with Gasteiger partial charge in [-0.15, -0.1) is 0 Å². The van der Waals surface area contributed by atoms with Crippen molar-refractivity contribution in [3.05, 3.63) is 0 Å². The monoisotopic (exact) mass is 243 g/mol. The third kappa shape index (κ3) is 2.97. The molecule has 0 aromatic heterocycles. The van der Waals surface area contributed by atoms with Crippen LogP contribution in [0, 0.1) is 0 Å². The van der Waals surface area contributed by atoms with E-state index in [4.69, 9.17) is 5.11 Å². The van der Waals surface area contributed by atoms with Gasteiger partial charge in [0, 0.05) is 19.0 Å². The lowest BCUT2D eigenvalue weighted by molar-refractivity contribution is -0.151. The van der Waals surface area contributed by atoms with Gasteiger partial charge in [0.1, 0.15) is 0 Å². The standard InChI is InChI=1S/C13H22FNO2/c14-13(12(16)17)7-4-9-15(10-8-13)11-5-2-1-3-6-11/h11H,1-10H2,(H,16,17). The van der Waals surface area contributed by atoms with Gasteiger partial charge in [-0.1, -0.05) is 19.3 Å². The number of rotatable bonds is 2. The molecule has 17 heavy (non-hydrogen) atoms. The van der Waals surface area contributed by atoms with Crippen molar-refractivity contribution in [2.45, 2.75) is 63.1 Å². The molecule has 0 amide bonds. The fourth-order valence-electron chi connectivity index (χ4n) is 3.15. The van der Waals surface area contributed by atoms with Crippen molar-refractivity contribution >= 4 is 5.97 Å². The summed E-state index contributed by atoms with van der Waals surface area (Å²) < 4.78 is 14.1. The van der Waals surface area contributed by atoms with E-state index in [9.17, 15) is 9.18 Å². The third-order valence-electron chi connectivity index (χ3n) is 4.29. The summed E-state index contributed by atoms with van der Waals surface area (Å²) in [7, 11) is 0. The highest BCUT2D eigenvalue weighted by Crippen LogP contribution is 2.30. The van der Waals surface area contributed by atoms with Crippen LogP contribution in [0.25, 0.3) is 0 Å². The first-order chi connectivity index (χ1) is 8.12. The van der Waals surface area contributed by atoms with Crippen molar-refractivity contribution in [2.75, 3.05) is 13.1 Å². The summed E-state index contributed by atoms with van der Waals surface area (Å²) in [6, 6.07) is 0.569. The van der Waals surface area contributed by atoms with Crippen LogP contribution in [0.2, 0.25) is 0 Å². The highest BCUT2D eigenvalue weighted by atomic mass is 19.1. The first kappa shape index (κ1) is 12.8. The Labute approximate surface area is 102 Å². The molecule has 4 heteroatoms. The average Bonchev–Trinajstić information content (AvgIpc) is 2.54. The summed E-state index contributed by atoms with van der Waals surface area (Å²) in [5.74, 6) is -1.28. The minimum absolute atomic E-state index is 0.152. The number of hydrogen-bond acceptors (Lipinski definition) is 2. The van der Waals surface area contributed by atoms with Crippen LogP contribution in [0.4, 0.5) is 4.39 Å². The van der Waals surface area contributed by atoms with Crippen molar-refractivity contribution in [1.29, 1.82) is 0 Å². The van der Waals surface area contributed by atoms with Crippen LogP contribution in [0.3, 0.4) is 0 Å². The maximum Gasteiger partial charge on any atom is 0.341 e. The molecule has 1 N–H and O–H groups in total. The maximum absolute atomic E-state index is 14.1. The van der Waals surface area contributed by atoms with E-state index in [1.54, 1.807) is 0 Å². The lowest BCUT2D eigenvalue weighted by Gasteiger charge is -2.33. The summed E-state index contributed by atoms with van der Waals surface area (Å²) in [5, 5.41) is 8.93. The van der Waals surface area contributed by atoms with Gasteiger partial charge in [0.15, 0.2) is 0 Å². The topological polar surface area (TPSA) is 40.5 Å². The molecule has 1 aliphatic carbocycles. The normalized spacial score (nSPS) is 33.2. The molecule has 0 bridgehead atoms. The molecule has 2 rings (SSSR count). The highest BCUT2D eigenvalue weighted by molar-refractivity contribution is 5.77. The van der Waals surface area contributed by atoms with Gasteiger partial charge >= 0.3 is 5.97 Å². The number of likely N-dealkylation sites (tertiary alicyclic amines) is 1. The Morgan fingerprint density at radius 2 is 1.82 bits per heavy atom. The first-order valence-electron chi connectivity index (χ1n) is 6.78. The summed E-state index contributed by atoms with van der Waals surface area (Å²) in [4.78, 5) is 13.2. The summed E-state index contributed by atoms with van der Waals surface area (Å²) in [5.41, 5.74) is -1.98. The average molecular weight is 243 g/mol. The van der Waals surface area contributed by atoms with Gasteiger partial charge in [-0.25, -0.2) is 9.18 Å². The second-order valence-electron chi connectivity index (χ2n) is 5.45. The lowest BCUT2D eigenvalue weighted by Crippen LogP contribution is -2.39. The number of halogens is 1. The van der Waals surface area contributed by atoms with E-state index in [2.05, 4.69) is 4.90 Å². The highest BCUT2D eigenvalue weighted by Gasteiger charge is 2.40. The van der Waals surface area contributed by atoms with Crippen LogP contribution in [0.1, 0.15) is 51.4 Å². The molecule has 0 aromatic rings. The molecule has 3 nitrogen and oxygen atoms in total. The molecule has 1 aliphatic heterocycles. The Balaban J connectivity index is 1.93. The second kappa shape index (κ2) is 5.34. The van der Waals surface area contributed by atoms with E-state index < -0.39 is 11.6 Å². The van der Waals surface area contributed by atoms with E-state index in [-0.39, 0.29) is 12.8 Å². The van der Waals surface area contributed by atoms with Gasteiger partial charge in [-0.3, -0.25) is 0 Å². The molecule has 1 unspecified atom stereocenters. The molecule has 98 valence electrons. The number of carbonyl (C=O) groups is 1. The van der Waals surface area contributed by atoms with Crippen LogP contribution in [0.5, 0.6) is 0 Å². The number of hydrogen-bond donors (Lipinski definition) is 1. The number of carboxylic acids is 1. The SMILES string of the molecule is O=C(O)C1(F)CCCN(C2CCCCC2)CC1. The number of nitrogens with zero attached hydrogens (tertiary/aromatic N) is 1. The van der Waals surface area contributed by atoms with E-state index in [1.165, 1.54) is 32.1 Å². The Kier molecular flexibility index (Phi) is 4.02. The zero-order valence-electron chi connectivity index (χ0n) is 10.3. The summed E-state index contributed by atoms with van der Waals surface area (Å²) >= 11 is 0. The molecular formula is C13H22FNO2. The minimum atomic E-state index is -1.98. The Bertz CT molecular complexity index is 279. The number of alkyl halides is 1. The minimum Gasteiger partial charge on any atom is -0.479 e. The molecule has 1 saturated heterocycles. The van der Waals surface area contributed by atoms with Gasteiger partial charge in [0.05, 0.1) is 0 Å². The Morgan fingerprint density at radius 3 is 2.47 bits per heavy atom. The molecule has 0 spiro atoms. The molecule has 1 heterocycles. The van der Waals surface area contributed by atoms with Gasteiger partial charge in [0.25, 0.3) is 0 Å². The Hall–Kier alpha value is -0.640. The van der Waals surface area contributed by atoms with Gasteiger partial charge in [-0.05, 0) is 32.2 Å². The van der Waals surface area contributed by atoms with Crippen LogP contribution in [0.15, 0.2) is 0 Å². The fraction of sp³-hybridized carbons (Fsp3) is 0.923. The number of aliphatic carboxylic acids is 1. The first-order valence-corrected chi connectivity index (χ1v) is 6.78. The molecule has 1 saturated carbocycles. The summed E-state index contributed by atoms with van der Waals surface area (Å²) in [6.45, 7) is 1.47.